The first kappa shape index (κ1) is 12.9. The monoisotopic (exact) mass is 252 g/mol. The van der Waals surface area contributed by atoms with Crippen LogP contribution in [0.1, 0.15) is 19.8 Å². The number of methoxy groups -OCH3 is 1. The van der Waals surface area contributed by atoms with Crippen molar-refractivity contribution in [1.82, 2.24) is 9.97 Å². The minimum atomic E-state index is -0.246. The third kappa shape index (κ3) is 2.48. The molecule has 1 aromatic heterocycles. The first-order chi connectivity index (χ1) is 8.63. The quantitative estimate of drug-likeness (QED) is 0.822. The zero-order chi connectivity index (χ0) is 13.1. The number of aliphatic hydroxyl groups is 1. The summed E-state index contributed by atoms with van der Waals surface area (Å²) in [6, 6.07) is 0. The summed E-state index contributed by atoms with van der Waals surface area (Å²) < 4.78 is 5.26. The van der Waals surface area contributed by atoms with E-state index in [1.54, 1.807) is 7.11 Å². The number of ether oxygens (including phenoxy) is 1. The highest BCUT2D eigenvalue weighted by molar-refractivity contribution is 5.62. The minimum Gasteiger partial charge on any atom is -0.490 e. The SMILES string of the molecule is COc1c(N)ncnc1N1CCC(C(C)O)CC1. The van der Waals surface area contributed by atoms with E-state index in [-0.39, 0.29) is 6.10 Å². The summed E-state index contributed by atoms with van der Waals surface area (Å²) in [5, 5.41) is 9.59. The summed E-state index contributed by atoms with van der Waals surface area (Å²) in [6.07, 6.45) is 3.10. The molecule has 6 heteroatoms. The Morgan fingerprint density at radius 3 is 2.67 bits per heavy atom. The van der Waals surface area contributed by atoms with Gasteiger partial charge < -0.3 is 20.5 Å². The van der Waals surface area contributed by atoms with Gasteiger partial charge in [-0.2, -0.15) is 0 Å². The van der Waals surface area contributed by atoms with Crippen LogP contribution >= 0.6 is 0 Å². The second-order valence-electron chi connectivity index (χ2n) is 4.68. The lowest BCUT2D eigenvalue weighted by atomic mass is 9.92. The molecule has 0 aliphatic carbocycles. The Bertz CT molecular complexity index is 403. The van der Waals surface area contributed by atoms with Crippen LogP contribution in [0.4, 0.5) is 11.6 Å². The molecule has 0 radical (unpaired) electrons. The topological polar surface area (TPSA) is 84.5 Å². The maximum Gasteiger partial charge on any atom is 0.204 e. The van der Waals surface area contributed by atoms with Crippen molar-refractivity contribution < 1.29 is 9.84 Å². The van der Waals surface area contributed by atoms with Gasteiger partial charge in [-0.25, -0.2) is 9.97 Å². The van der Waals surface area contributed by atoms with Crippen LogP contribution in [0.5, 0.6) is 5.75 Å². The number of piperidine rings is 1. The van der Waals surface area contributed by atoms with Gasteiger partial charge in [-0.1, -0.05) is 0 Å². The van der Waals surface area contributed by atoms with Gasteiger partial charge in [-0.05, 0) is 25.7 Å². The van der Waals surface area contributed by atoms with Crippen molar-refractivity contribution in [1.29, 1.82) is 0 Å². The molecule has 6 nitrogen and oxygen atoms in total. The van der Waals surface area contributed by atoms with Crippen molar-refractivity contribution in [3.05, 3.63) is 6.33 Å². The van der Waals surface area contributed by atoms with Crippen LogP contribution in [-0.2, 0) is 0 Å². The van der Waals surface area contributed by atoms with E-state index in [0.717, 1.165) is 31.7 Å². The summed E-state index contributed by atoms with van der Waals surface area (Å²) in [5.41, 5.74) is 5.77. The predicted molar refractivity (Wildman–Crippen MR) is 69.6 cm³/mol. The van der Waals surface area contributed by atoms with Crippen LogP contribution in [0.2, 0.25) is 0 Å². The molecule has 1 saturated heterocycles. The standard InChI is InChI=1S/C12H20N4O2/c1-8(17)9-3-5-16(6-4-9)12-10(18-2)11(13)14-7-15-12/h7-9,17H,3-6H2,1-2H3,(H2,13,14,15). The molecule has 3 N–H and O–H groups in total. The first-order valence-electron chi connectivity index (χ1n) is 6.21. The van der Waals surface area contributed by atoms with Gasteiger partial charge >= 0.3 is 0 Å². The van der Waals surface area contributed by atoms with Gasteiger partial charge in [0, 0.05) is 13.1 Å². The summed E-state index contributed by atoms with van der Waals surface area (Å²) in [4.78, 5) is 10.3. The van der Waals surface area contributed by atoms with E-state index in [1.807, 2.05) is 6.92 Å². The van der Waals surface area contributed by atoms with Crippen LogP contribution in [-0.4, -0.2) is 41.4 Å². The van der Waals surface area contributed by atoms with Crippen LogP contribution < -0.4 is 15.4 Å². The molecule has 0 bridgehead atoms. The predicted octanol–water partition coefficient (Wildman–Crippen LogP) is 0.665. The van der Waals surface area contributed by atoms with Crippen molar-refractivity contribution in [2.75, 3.05) is 30.8 Å². The lowest BCUT2D eigenvalue weighted by Crippen LogP contribution is -2.37. The number of anilines is 2. The Morgan fingerprint density at radius 1 is 1.44 bits per heavy atom. The fourth-order valence-electron chi connectivity index (χ4n) is 2.39. The van der Waals surface area contributed by atoms with Gasteiger partial charge in [-0.3, -0.25) is 0 Å². The number of aliphatic hydroxyl groups excluding tert-OH is 1. The van der Waals surface area contributed by atoms with Gasteiger partial charge in [0.1, 0.15) is 6.33 Å². The number of nitrogen functional groups attached to an aromatic ring is 1. The lowest BCUT2D eigenvalue weighted by Gasteiger charge is -2.34. The molecule has 1 aromatic rings. The molecule has 1 aliphatic rings. The fraction of sp³-hybridized carbons (Fsp3) is 0.667. The molecule has 1 aliphatic heterocycles. The summed E-state index contributed by atoms with van der Waals surface area (Å²) in [5.74, 6) is 2.01. The van der Waals surface area contributed by atoms with E-state index >= 15 is 0 Å². The molecule has 2 rings (SSSR count). The van der Waals surface area contributed by atoms with E-state index < -0.39 is 0 Å². The molecule has 0 saturated carbocycles. The first-order valence-corrected chi connectivity index (χ1v) is 6.21. The molecule has 1 fully saturated rings. The maximum absolute atomic E-state index is 9.59. The Labute approximate surface area is 107 Å². The van der Waals surface area contributed by atoms with Crippen molar-refractivity contribution >= 4 is 11.6 Å². The second kappa shape index (κ2) is 5.39. The van der Waals surface area contributed by atoms with E-state index in [9.17, 15) is 5.11 Å². The van der Waals surface area contributed by atoms with Crippen LogP contribution in [0.3, 0.4) is 0 Å². The van der Waals surface area contributed by atoms with Crippen LogP contribution in [0.25, 0.3) is 0 Å². The molecule has 0 amide bonds. The summed E-state index contributed by atoms with van der Waals surface area (Å²) in [6.45, 7) is 3.55. The molecule has 1 unspecified atom stereocenters. The average molecular weight is 252 g/mol. The van der Waals surface area contributed by atoms with Crippen LogP contribution in [0.15, 0.2) is 6.33 Å². The second-order valence-corrected chi connectivity index (χ2v) is 4.68. The molecule has 100 valence electrons. The molecule has 0 aromatic carbocycles. The van der Waals surface area contributed by atoms with Crippen molar-refractivity contribution in [2.45, 2.75) is 25.9 Å². The third-order valence-electron chi connectivity index (χ3n) is 3.54. The van der Waals surface area contributed by atoms with Crippen molar-refractivity contribution in [2.24, 2.45) is 5.92 Å². The Kier molecular flexibility index (Phi) is 3.86. The minimum absolute atomic E-state index is 0.246. The summed E-state index contributed by atoms with van der Waals surface area (Å²) >= 11 is 0. The number of hydrogen-bond donors (Lipinski definition) is 2. The third-order valence-corrected chi connectivity index (χ3v) is 3.54. The largest absolute Gasteiger partial charge is 0.490 e. The highest BCUT2D eigenvalue weighted by Gasteiger charge is 2.25. The number of aromatic nitrogens is 2. The maximum atomic E-state index is 9.59. The smallest absolute Gasteiger partial charge is 0.204 e. The van der Waals surface area contributed by atoms with Gasteiger partial charge in [-0.15, -0.1) is 0 Å². The molecular weight excluding hydrogens is 232 g/mol. The van der Waals surface area contributed by atoms with Crippen molar-refractivity contribution in [3.8, 4) is 5.75 Å². The number of rotatable bonds is 3. The molecular formula is C12H20N4O2. The van der Waals surface area contributed by atoms with Gasteiger partial charge in [0.2, 0.25) is 5.75 Å². The van der Waals surface area contributed by atoms with Crippen molar-refractivity contribution in [3.63, 3.8) is 0 Å². The van der Waals surface area contributed by atoms with Gasteiger partial charge in [0.15, 0.2) is 11.6 Å². The Balaban J connectivity index is 2.12. The molecule has 1 atom stereocenters. The normalized spacial score (nSPS) is 18.7. The van der Waals surface area contributed by atoms with Gasteiger partial charge in [0.25, 0.3) is 0 Å². The lowest BCUT2D eigenvalue weighted by molar-refractivity contribution is 0.109. The molecule has 2 heterocycles. The van der Waals surface area contributed by atoms with Gasteiger partial charge in [0.05, 0.1) is 13.2 Å². The number of nitrogens with two attached hydrogens (primary N) is 1. The zero-order valence-corrected chi connectivity index (χ0v) is 10.8. The highest BCUT2D eigenvalue weighted by atomic mass is 16.5. The van der Waals surface area contributed by atoms with Crippen LogP contribution in [0, 0.1) is 5.92 Å². The van der Waals surface area contributed by atoms with E-state index in [4.69, 9.17) is 10.5 Å². The zero-order valence-electron chi connectivity index (χ0n) is 10.8. The fourth-order valence-corrected chi connectivity index (χ4v) is 2.39. The number of hydrogen-bond acceptors (Lipinski definition) is 6. The molecule has 0 spiro atoms. The van der Waals surface area contributed by atoms with E-state index in [2.05, 4.69) is 14.9 Å². The Morgan fingerprint density at radius 2 is 2.11 bits per heavy atom. The highest BCUT2D eigenvalue weighted by Crippen LogP contribution is 2.32. The summed E-state index contributed by atoms with van der Waals surface area (Å²) in [7, 11) is 1.57. The number of nitrogens with zero attached hydrogens (tertiary/aromatic N) is 3. The van der Waals surface area contributed by atoms with E-state index in [0.29, 0.717) is 17.5 Å². The van der Waals surface area contributed by atoms with E-state index in [1.165, 1.54) is 6.33 Å². The Hall–Kier alpha value is -1.56. The average Bonchev–Trinajstić information content (AvgIpc) is 2.38. The molecule has 18 heavy (non-hydrogen) atoms.